The first-order valence-electron chi connectivity index (χ1n) is 8.84. The molecule has 2 aromatic carbocycles. The minimum absolute atomic E-state index is 0.764. The summed E-state index contributed by atoms with van der Waals surface area (Å²) in [4.78, 5) is 5.01. The average Bonchev–Trinajstić information content (AvgIpc) is 2.66. The Balaban J connectivity index is 2.14. The first-order chi connectivity index (χ1) is 12.2. The van der Waals surface area contributed by atoms with E-state index in [1.807, 2.05) is 6.08 Å². The van der Waals surface area contributed by atoms with Crippen molar-refractivity contribution in [3.8, 4) is 5.75 Å². The van der Waals surface area contributed by atoms with Crippen LogP contribution in [0.4, 0.5) is 0 Å². The summed E-state index contributed by atoms with van der Waals surface area (Å²) in [6.07, 6.45) is 7.94. The van der Waals surface area contributed by atoms with Crippen molar-refractivity contribution in [2.75, 3.05) is 13.7 Å². The van der Waals surface area contributed by atoms with Gasteiger partial charge in [0.15, 0.2) is 6.72 Å². The molecule has 0 amide bonds. The molecule has 25 heavy (non-hydrogen) atoms. The molecule has 0 spiro atoms. The van der Waals surface area contributed by atoms with Crippen LogP contribution >= 0.6 is 0 Å². The van der Waals surface area contributed by atoms with E-state index < -0.39 is 0 Å². The molecule has 0 aromatic heterocycles. The Hall–Kier alpha value is -2.55. The second-order valence-corrected chi connectivity index (χ2v) is 5.97. The first-order valence-corrected chi connectivity index (χ1v) is 8.84. The van der Waals surface area contributed by atoms with Crippen molar-refractivity contribution in [3.63, 3.8) is 0 Å². The highest BCUT2D eigenvalue weighted by molar-refractivity contribution is 5.53. The van der Waals surface area contributed by atoms with E-state index in [0.717, 1.165) is 43.6 Å². The Morgan fingerprint density at radius 2 is 1.88 bits per heavy atom. The highest BCUT2D eigenvalue weighted by atomic mass is 16.6. The van der Waals surface area contributed by atoms with E-state index in [1.54, 1.807) is 13.3 Å². The molecule has 0 unspecified atom stereocenters. The SMILES string of the molecule is C=[N+](/C=C/c1ccc(OCCCC)c(CCc2ccccc2)c1)OC. The molecule has 3 nitrogen and oxygen atoms in total. The molecule has 2 rings (SSSR count). The third-order valence-corrected chi connectivity index (χ3v) is 4.03. The zero-order valence-corrected chi connectivity index (χ0v) is 15.3. The number of unbranched alkanes of at least 4 members (excludes halogenated alkanes) is 1. The average molecular weight is 338 g/mol. The summed E-state index contributed by atoms with van der Waals surface area (Å²) in [6.45, 7) is 6.68. The molecule has 0 heterocycles. The second-order valence-electron chi connectivity index (χ2n) is 5.97. The Morgan fingerprint density at radius 3 is 2.60 bits per heavy atom. The van der Waals surface area contributed by atoms with Crippen molar-refractivity contribution in [1.82, 2.24) is 0 Å². The van der Waals surface area contributed by atoms with Gasteiger partial charge in [-0.25, -0.2) is 0 Å². The normalized spacial score (nSPS) is 10.8. The predicted molar refractivity (Wildman–Crippen MR) is 104 cm³/mol. The van der Waals surface area contributed by atoms with Crippen LogP contribution in [0.1, 0.15) is 36.5 Å². The van der Waals surface area contributed by atoms with Crippen LogP contribution in [0, 0.1) is 0 Å². The lowest BCUT2D eigenvalue weighted by atomic mass is 10.0. The molecule has 0 bridgehead atoms. The van der Waals surface area contributed by atoms with Crippen LogP contribution in [-0.4, -0.2) is 25.2 Å². The summed E-state index contributed by atoms with van der Waals surface area (Å²) in [5, 5.41) is 0. The summed E-state index contributed by atoms with van der Waals surface area (Å²) in [5.74, 6) is 0.986. The molecule has 0 aliphatic carbocycles. The first kappa shape index (κ1) is 18.8. The number of hydrogen-bond acceptors (Lipinski definition) is 2. The number of nitrogens with zero attached hydrogens (tertiary/aromatic N) is 1. The molecule has 132 valence electrons. The van der Waals surface area contributed by atoms with Crippen molar-refractivity contribution >= 4 is 12.8 Å². The molecule has 0 fully saturated rings. The maximum Gasteiger partial charge on any atom is 0.222 e. The van der Waals surface area contributed by atoms with Gasteiger partial charge in [-0.15, -0.1) is 0 Å². The zero-order valence-electron chi connectivity index (χ0n) is 15.3. The van der Waals surface area contributed by atoms with Gasteiger partial charge in [-0.05, 0) is 52.8 Å². The fraction of sp³-hybridized carbons (Fsp3) is 0.318. The maximum absolute atomic E-state index is 6.00. The minimum Gasteiger partial charge on any atom is -0.493 e. The predicted octanol–water partition coefficient (Wildman–Crippen LogP) is 4.90. The fourth-order valence-electron chi connectivity index (χ4n) is 2.52. The van der Waals surface area contributed by atoms with Crippen LogP contribution in [-0.2, 0) is 17.7 Å². The van der Waals surface area contributed by atoms with Crippen molar-refractivity contribution in [1.29, 1.82) is 0 Å². The second kappa shape index (κ2) is 10.3. The molecule has 0 aliphatic heterocycles. The standard InChI is InChI=1S/C22H28NO2/c1-4-5-17-25-22-14-12-20(15-16-23(2)24-3)18-21(22)13-11-19-9-7-6-8-10-19/h6-10,12,14-16,18H,2,4-5,11,13,17H2,1,3H3/q+1/b16-15+. The van der Waals surface area contributed by atoms with Gasteiger partial charge in [-0.3, -0.25) is 4.84 Å². The van der Waals surface area contributed by atoms with Gasteiger partial charge in [0.1, 0.15) is 12.9 Å². The number of rotatable bonds is 10. The smallest absolute Gasteiger partial charge is 0.222 e. The van der Waals surface area contributed by atoms with E-state index >= 15 is 0 Å². The highest BCUT2D eigenvalue weighted by Crippen LogP contribution is 2.23. The summed E-state index contributed by atoms with van der Waals surface area (Å²) in [6, 6.07) is 16.9. The molecule has 0 radical (unpaired) electrons. The van der Waals surface area contributed by atoms with Crippen LogP contribution in [0.15, 0.2) is 54.7 Å². The van der Waals surface area contributed by atoms with Crippen molar-refractivity contribution in [2.45, 2.75) is 32.6 Å². The molecular formula is C22H28NO2+. The van der Waals surface area contributed by atoms with Crippen LogP contribution in [0.3, 0.4) is 0 Å². The molecule has 0 saturated carbocycles. The van der Waals surface area contributed by atoms with Gasteiger partial charge in [0.2, 0.25) is 6.20 Å². The lowest BCUT2D eigenvalue weighted by molar-refractivity contribution is -0.725. The molecule has 0 aliphatic rings. The van der Waals surface area contributed by atoms with Crippen LogP contribution in [0.5, 0.6) is 5.75 Å². The summed E-state index contributed by atoms with van der Waals surface area (Å²) in [5.41, 5.74) is 3.68. The fourth-order valence-corrected chi connectivity index (χ4v) is 2.52. The molecule has 0 saturated heterocycles. The van der Waals surface area contributed by atoms with Crippen molar-refractivity contribution in [3.05, 3.63) is 71.4 Å². The summed E-state index contributed by atoms with van der Waals surface area (Å²) < 4.78 is 7.42. The molecule has 3 heteroatoms. The van der Waals surface area contributed by atoms with Gasteiger partial charge in [0, 0.05) is 6.08 Å². The molecule has 0 N–H and O–H groups in total. The van der Waals surface area contributed by atoms with E-state index in [4.69, 9.17) is 9.57 Å². The number of benzene rings is 2. The maximum atomic E-state index is 6.00. The molecule has 0 atom stereocenters. The van der Waals surface area contributed by atoms with Crippen LogP contribution in [0.2, 0.25) is 0 Å². The number of ether oxygens (including phenoxy) is 1. The topological polar surface area (TPSA) is 21.5 Å². The Bertz CT molecular complexity index is 692. The van der Waals surface area contributed by atoms with E-state index in [9.17, 15) is 0 Å². The molecular weight excluding hydrogens is 310 g/mol. The lowest BCUT2D eigenvalue weighted by Crippen LogP contribution is -2.02. The lowest BCUT2D eigenvalue weighted by Gasteiger charge is -2.12. The van der Waals surface area contributed by atoms with Gasteiger partial charge in [0.25, 0.3) is 0 Å². The largest absolute Gasteiger partial charge is 0.493 e. The van der Waals surface area contributed by atoms with E-state index in [-0.39, 0.29) is 0 Å². The van der Waals surface area contributed by atoms with Crippen LogP contribution < -0.4 is 4.74 Å². The number of hydrogen-bond donors (Lipinski definition) is 0. The van der Waals surface area contributed by atoms with Gasteiger partial charge < -0.3 is 4.74 Å². The van der Waals surface area contributed by atoms with E-state index in [1.165, 1.54) is 15.9 Å². The van der Waals surface area contributed by atoms with Crippen molar-refractivity contribution in [2.24, 2.45) is 0 Å². The summed E-state index contributed by atoms with van der Waals surface area (Å²) >= 11 is 0. The highest BCUT2D eigenvalue weighted by Gasteiger charge is 2.06. The summed E-state index contributed by atoms with van der Waals surface area (Å²) in [7, 11) is 1.59. The van der Waals surface area contributed by atoms with Gasteiger partial charge in [0.05, 0.1) is 6.61 Å². The van der Waals surface area contributed by atoms with E-state index in [0.29, 0.717) is 0 Å². The van der Waals surface area contributed by atoms with Crippen LogP contribution in [0.25, 0.3) is 6.08 Å². The Morgan fingerprint density at radius 1 is 1.08 bits per heavy atom. The third kappa shape index (κ3) is 6.46. The number of hydroxylamine groups is 1. The third-order valence-electron chi connectivity index (χ3n) is 4.03. The van der Waals surface area contributed by atoms with Crippen molar-refractivity contribution < 1.29 is 14.3 Å². The Kier molecular flexibility index (Phi) is 7.77. The van der Waals surface area contributed by atoms with Gasteiger partial charge in [-0.2, -0.15) is 0 Å². The monoisotopic (exact) mass is 338 g/mol. The molecule has 2 aromatic rings. The number of aryl methyl sites for hydroxylation is 2. The minimum atomic E-state index is 0.764. The van der Waals surface area contributed by atoms with Gasteiger partial charge >= 0.3 is 0 Å². The Labute approximate surface area is 151 Å². The quantitative estimate of drug-likeness (QED) is 0.266. The van der Waals surface area contributed by atoms with E-state index in [2.05, 4.69) is 62.2 Å². The zero-order chi connectivity index (χ0) is 17.9. The van der Waals surface area contributed by atoms with Gasteiger partial charge in [-0.1, -0.05) is 49.7 Å².